The third-order valence-electron chi connectivity index (χ3n) is 2.08. The Morgan fingerprint density at radius 1 is 1.33 bits per heavy atom. The summed E-state index contributed by atoms with van der Waals surface area (Å²) in [5, 5.41) is 2.77. The predicted octanol–water partition coefficient (Wildman–Crippen LogP) is 1.48. The van der Waals surface area contributed by atoms with Gasteiger partial charge in [-0.05, 0) is 26.0 Å². The van der Waals surface area contributed by atoms with Crippen molar-refractivity contribution in [3.8, 4) is 0 Å². The molecular weight excluding hydrogens is 208 g/mol. The molecule has 3 N–H and O–H groups in total. The first kappa shape index (κ1) is 11.7. The van der Waals surface area contributed by atoms with Crippen LogP contribution in [0.15, 0.2) is 30.3 Å². The van der Waals surface area contributed by atoms with Gasteiger partial charge in [-0.15, -0.1) is 0 Å². The molecule has 15 heavy (non-hydrogen) atoms. The van der Waals surface area contributed by atoms with E-state index in [2.05, 4.69) is 5.32 Å². The van der Waals surface area contributed by atoms with Gasteiger partial charge in [0.05, 0.1) is 10.5 Å². The topological polar surface area (TPSA) is 55.1 Å². The second-order valence-electron chi connectivity index (χ2n) is 3.81. The van der Waals surface area contributed by atoms with Gasteiger partial charge in [0.25, 0.3) is 5.91 Å². The Kier molecular flexibility index (Phi) is 3.42. The van der Waals surface area contributed by atoms with Gasteiger partial charge in [0, 0.05) is 5.56 Å². The summed E-state index contributed by atoms with van der Waals surface area (Å²) in [5.74, 6) is -0.173. The fourth-order valence-corrected chi connectivity index (χ4v) is 1.06. The van der Waals surface area contributed by atoms with Crippen molar-refractivity contribution in [2.45, 2.75) is 19.4 Å². The molecular formula is C11H14N2OS. The SMILES string of the molecule is CC(C)(NC(=O)c1ccccc1)C(N)=S. The van der Waals surface area contributed by atoms with Crippen molar-refractivity contribution in [3.63, 3.8) is 0 Å². The van der Waals surface area contributed by atoms with Gasteiger partial charge < -0.3 is 11.1 Å². The standard InChI is InChI=1S/C11H14N2OS/c1-11(2,10(12)15)13-9(14)8-6-4-3-5-7-8/h3-7H,1-2H3,(H2,12,15)(H,13,14). The van der Waals surface area contributed by atoms with Gasteiger partial charge in [-0.1, -0.05) is 30.4 Å². The lowest BCUT2D eigenvalue weighted by molar-refractivity contribution is 0.0932. The molecule has 4 heteroatoms. The molecule has 0 unspecified atom stereocenters. The largest absolute Gasteiger partial charge is 0.391 e. The zero-order valence-corrected chi connectivity index (χ0v) is 9.60. The molecule has 0 bridgehead atoms. The average Bonchev–Trinajstić information content (AvgIpc) is 2.18. The summed E-state index contributed by atoms with van der Waals surface area (Å²) in [5.41, 5.74) is 5.45. The van der Waals surface area contributed by atoms with Gasteiger partial charge in [0.1, 0.15) is 0 Å². The minimum absolute atomic E-state index is 0.173. The lowest BCUT2D eigenvalue weighted by Crippen LogP contribution is -2.52. The molecule has 1 aromatic carbocycles. The van der Waals surface area contributed by atoms with Crippen LogP contribution in [0.5, 0.6) is 0 Å². The van der Waals surface area contributed by atoms with Crippen LogP contribution in [-0.4, -0.2) is 16.4 Å². The average molecular weight is 222 g/mol. The van der Waals surface area contributed by atoms with Crippen LogP contribution in [0, 0.1) is 0 Å². The molecule has 0 aliphatic heterocycles. The monoisotopic (exact) mass is 222 g/mol. The van der Waals surface area contributed by atoms with Gasteiger partial charge in [-0.25, -0.2) is 0 Å². The van der Waals surface area contributed by atoms with E-state index in [1.807, 2.05) is 18.2 Å². The molecule has 0 saturated heterocycles. The highest BCUT2D eigenvalue weighted by Gasteiger charge is 2.23. The Labute approximate surface area is 94.7 Å². The molecule has 0 saturated carbocycles. The summed E-state index contributed by atoms with van der Waals surface area (Å²) >= 11 is 4.86. The smallest absolute Gasteiger partial charge is 0.252 e. The fourth-order valence-electron chi connectivity index (χ4n) is 1.01. The van der Waals surface area contributed by atoms with Crippen molar-refractivity contribution in [2.75, 3.05) is 0 Å². The van der Waals surface area contributed by atoms with E-state index in [1.165, 1.54) is 0 Å². The van der Waals surface area contributed by atoms with E-state index in [0.29, 0.717) is 5.56 Å². The molecule has 0 heterocycles. The Balaban J connectivity index is 2.77. The van der Waals surface area contributed by atoms with Crippen molar-refractivity contribution in [1.82, 2.24) is 5.32 Å². The van der Waals surface area contributed by atoms with Crippen LogP contribution in [0.3, 0.4) is 0 Å². The van der Waals surface area contributed by atoms with Crippen molar-refractivity contribution in [2.24, 2.45) is 5.73 Å². The number of rotatable bonds is 3. The van der Waals surface area contributed by atoms with Crippen LogP contribution in [0.2, 0.25) is 0 Å². The molecule has 0 aromatic heterocycles. The van der Waals surface area contributed by atoms with Crippen molar-refractivity contribution >= 4 is 23.1 Å². The lowest BCUT2D eigenvalue weighted by atomic mass is 10.1. The number of nitrogens with two attached hydrogens (primary N) is 1. The number of amides is 1. The molecule has 0 radical (unpaired) electrons. The zero-order chi connectivity index (χ0) is 11.5. The Morgan fingerprint density at radius 3 is 2.33 bits per heavy atom. The number of hydrogen-bond donors (Lipinski definition) is 2. The first-order valence-corrected chi connectivity index (χ1v) is 5.02. The number of carbonyl (C=O) groups is 1. The summed E-state index contributed by atoms with van der Waals surface area (Å²) in [6.45, 7) is 3.55. The van der Waals surface area contributed by atoms with E-state index in [-0.39, 0.29) is 10.9 Å². The third kappa shape index (κ3) is 3.02. The first-order valence-electron chi connectivity index (χ1n) is 4.61. The van der Waals surface area contributed by atoms with Crippen molar-refractivity contribution < 1.29 is 4.79 Å². The number of benzene rings is 1. The molecule has 80 valence electrons. The number of thiocarbonyl (C=S) groups is 1. The van der Waals surface area contributed by atoms with E-state index in [1.54, 1.807) is 26.0 Å². The van der Waals surface area contributed by atoms with Crippen LogP contribution in [-0.2, 0) is 0 Å². The quantitative estimate of drug-likeness (QED) is 0.762. The van der Waals surface area contributed by atoms with Crippen LogP contribution < -0.4 is 11.1 Å². The highest BCUT2D eigenvalue weighted by Crippen LogP contribution is 2.05. The summed E-state index contributed by atoms with van der Waals surface area (Å²) in [7, 11) is 0. The van der Waals surface area contributed by atoms with E-state index in [4.69, 9.17) is 18.0 Å². The molecule has 1 aromatic rings. The molecule has 1 amide bonds. The maximum atomic E-state index is 11.7. The summed E-state index contributed by atoms with van der Waals surface area (Å²) in [4.78, 5) is 12.0. The molecule has 3 nitrogen and oxygen atoms in total. The zero-order valence-electron chi connectivity index (χ0n) is 8.78. The Bertz CT molecular complexity index is 373. The van der Waals surface area contributed by atoms with E-state index >= 15 is 0 Å². The maximum Gasteiger partial charge on any atom is 0.252 e. The van der Waals surface area contributed by atoms with E-state index in [9.17, 15) is 4.79 Å². The van der Waals surface area contributed by atoms with Gasteiger partial charge in [-0.3, -0.25) is 4.79 Å². The molecule has 0 aliphatic rings. The van der Waals surface area contributed by atoms with Crippen LogP contribution >= 0.6 is 12.2 Å². The Morgan fingerprint density at radius 2 is 1.87 bits per heavy atom. The van der Waals surface area contributed by atoms with E-state index < -0.39 is 5.54 Å². The summed E-state index contributed by atoms with van der Waals surface area (Å²) in [6.07, 6.45) is 0. The molecule has 0 aliphatic carbocycles. The molecule has 1 rings (SSSR count). The maximum absolute atomic E-state index is 11.7. The lowest BCUT2D eigenvalue weighted by Gasteiger charge is -2.24. The minimum Gasteiger partial charge on any atom is -0.391 e. The van der Waals surface area contributed by atoms with E-state index in [0.717, 1.165) is 0 Å². The van der Waals surface area contributed by atoms with Crippen molar-refractivity contribution in [1.29, 1.82) is 0 Å². The molecule has 0 atom stereocenters. The Hall–Kier alpha value is -1.42. The highest BCUT2D eigenvalue weighted by atomic mass is 32.1. The van der Waals surface area contributed by atoms with Gasteiger partial charge >= 0.3 is 0 Å². The normalized spacial score (nSPS) is 10.8. The summed E-state index contributed by atoms with van der Waals surface area (Å²) in [6, 6.07) is 8.96. The molecule has 0 fully saturated rings. The van der Waals surface area contributed by atoms with Crippen LogP contribution in [0.4, 0.5) is 0 Å². The second-order valence-corrected chi connectivity index (χ2v) is 4.25. The third-order valence-corrected chi connectivity index (χ3v) is 2.59. The van der Waals surface area contributed by atoms with Crippen LogP contribution in [0.25, 0.3) is 0 Å². The highest BCUT2D eigenvalue weighted by molar-refractivity contribution is 7.80. The van der Waals surface area contributed by atoms with Gasteiger partial charge in [0.2, 0.25) is 0 Å². The molecule has 0 spiro atoms. The predicted molar refractivity (Wildman–Crippen MR) is 64.8 cm³/mol. The minimum atomic E-state index is -0.664. The van der Waals surface area contributed by atoms with Crippen LogP contribution in [0.1, 0.15) is 24.2 Å². The van der Waals surface area contributed by atoms with Gasteiger partial charge in [0.15, 0.2) is 0 Å². The fraction of sp³-hybridized carbons (Fsp3) is 0.273. The number of hydrogen-bond acceptors (Lipinski definition) is 2. The summed E-state index contributed by atoms with van der Waals surface area (Å²) < 4.78 is 0. The second kappa shape index (κ2) is 4.40. The first-order chi connectivity index (χ1) is 6.93. The number of carbonyl (C=O) groups excluding carboxylic acids is 1. The van der Waals surface area contributed by atoms with Gasteiger partial charge in [-0.2, -0.15) is 0 Å². The number of nitrogens with one attached hydrogen (secondary N) is 1. The van der Waals surface area contributed by atoms with Crippen molar-refractivity contribution in [3.05, 3.63) is 35.9 Å².